The summed E-state index contributed by atoms with van der Waals surface area (Å²) in [6.07, 6.45) is 4.26. The van der Waals surface area contributed by atoms with E-state index in [0.717, 1.165) is 45.1 Å². The van der Waals surface area contributed by atoms with Gasteiger partial charge in [-0.2, -0.15) is 5.26 Å². The van der Waals surface area contributed by atoms with Gasteiger partial charge in [-0.25, -0.2) is 9.78 Å². The number of pyridine rings is 2. The van der Waals surface area contributed by atoms with E-state index >= 15 is 0 Å². The fraction of sp³-hybridized carbons (Fsp3) is 0.182. The van der Waals surface area contributed by atoms with E-state index in [1.807, 2.05) is 49.4 Å². The van der Waals surface area contributed by atoms with Crippen LogP contribution in [-0.4, -0.2) is 25.3 Å². The molecule has 0 spiro atoms. The van der Waals surface area contributed by atoms with Gasteiger partial charge in [0.1, 0.15) is 11.1 Å². The van der Waals surface area contributed by atoms with Crippen LogP contribution in [0.5, 0.6) is 0 Å². The number of thioether (sulfide) groups is 1. The Kier molecular flexibility index (Phi) is 5.45. The molecule has 0 saturated carbocycles. The number of benzene rings is 1. The minimum absolute atomic E-state index is 0.0959. The van der Waals surface area contributed by atoms with E-state index < -0.39 is 0 Å². The average Bonchev–Trinajstić information content (AvgIpc) is 3.06. The summed E-state index contributed by atoms with van der Waals surface area (Å²) < 4.78 is 1.76. The summed E-state index contributed by atoms with van der Waals surface area (Å²) in [5, 5.41) is 10.5. The van der Waals surface area contributed by atoms with Crippen molar-refractivity contribution in [2.24, 2.45) is 0 Å². The molecule has 0 unspecified atom stereocenters. The van der Waals surface area contributed by atoms with Crippen molar-refractivity contribution in [2.45, 2.75) is 24.9 Å². The molecule has 0 radical (unpaired) electrons. The Labute approximate surface area is 172 Å². The van der Waals surface area contributed by atoms with Crippen molar-refractivity contribution in [2.75, 3.05) is 5.75 Å². The van der Waals surface area contributed by atoms with Gasteiger partial charge in [-0.3, -0.25) is 9.55 Å². The molecule has 1 N–H and O–H groups in total. The van der Waals surface area contributed by atoms with Gasteiger partial charge in [-0.1, -0.05) is 18.2 Å². The number of hydrogen-bond acceptors (Lipinski definition) is 5. The van der Waals surface area contributed by atoms with Crippen molar-refractivity contribution < 1.29 is 0 Å². The van der Waals surface area contributed by atoms with Crippen molar-refractivity contribution in [1.82, 2.24) is 19.5 Å². The smallest absolute Gasteiger partial charge is 0.306 e. The molecule has 3 aromatic heterocycles. The van der Waals surface area contributed by atoms with E-state index in [2.05, 4.69) is 21.0 Å². The summed E-state index contributed by atoms with van der Waals surface area (Å²) in [5.74, 6) is 0.754. The molecule has 7 heteroatoms. The lowest BCUT2D eigenvalue weighted by Crippen LogP contribution is -2.17. The number of nitriles is 1. The van der Waals surface area contributed by atoms with Gasteiger partial charge < -0.3 is 4.98 Å². The predicted octanol–water partition coefficient (Wildman–Crippen LogP) is 4.15. The molecule has 1 aromatic carbocycles. The second-order valence-corrected chi connectivity index (χ2v) is 7.73. The quantitative estimate of drug-likeness (QED) is 0.387. The first kappa shape index (κ1) is 19.0. The Morgan fingerprint density at radius 1 is 1.24 bits per heavy atom. The van der Waals surface area contributed by atoms with Crippen molar-refractivity contribution in [3.8, 4) is 17.2 Å². The van der Waals surface area contributed by atoms with Gasteiger partial charge in [-0.15, -0.1) is 11.8 Å². The van der Waals surface area contributed by atoms with Gasteiger partial charge in [0.2, 0.25) is 0 Å². The number of hydrogen-bond donors (Lipinski definition) is 1. The first-order valence-corrected chi connectivity index (χ1v) is 10.3. The fourth-order valence-corrected chi connectivity index (χ4v) is 4.30. The molecule has 144 valence electrons. The number of fused-ring (bicyclic) bond motifs is 1. The summed E-state index contributed by atoms with van der Waals surface area (Å²) in [7, 11) is 0. The molecular weight excluding hydrogens is 382 g/mol. The molecule has 0 aliphatic heterocycles. The number of H-pyrrole nitrogens is 1. The average molecular weight is 401 g/mol. The predicted molar refractivity (Wildman–Crippen MR) is 115 cm³/mol. The van der Waals surface area contributed by atoms with E-state index in [0.29, 0.717) is 12.1 Å². The van der Waals surface area contributed by atoms with Crippen LogP contribution >= 0.6 is 11.8 Å². The number of aryl methyl sites for hydroxylation is 2. The van der Waals surface area contributed by atoms with Crippen LogP contribution in [0.2, 0.25) is 0 Å². The van der Waals surface area contributed by atoms with Gasteiger partial charge in [0.05, 0.1) is 16.6 Å². The zero-order chi connectivity index (χ0) is 20.2. The monoisotopic (exact) mass is 401 g/mol. The van der Waals surface area contributed by atoms with Crippen LogP contribution < -0.4 is 5.69 Å². The topological polar surface area (TPSA) is 87.4 Å². The number of imidazole rings is 1. The van der Waals surface area contributed by atoms with Crippen molar-refractivity contribution in [3.63, 3.8) is 0 Å². The highest BCUT2D eigenvalue weighted by atomic mass is 32.2. The van der Waals surface area contributed by atoms with Gasteiger partial charge in [-0.05, 0) is 37.6 Å². The molecule has 0 fully saturated rings. The van der Waals surface area contributed by atoms with E-state index in [1.54, 1.807) is 28.7 Å². The first-order valence-electron chi connectivity index (χ1n) is 9.30. The van der Waals surface area contributed by atoms with Crippen LogP contribution in [0.1, 0.15) is 17.7 Å². The van der Waals surface area contributed by atoms with E-state index in [4.69, 9.17) is 0 Å². The molecule has 0 amide bonds. The summed E-state index contributed by atoms with van der Waals surface area (Å²) in [6.45, 7) is 2.54. The minimum atomic E-state index is -0.0959. The molecule has 4 rings (SSSR count). The molecule has 3 heterocycles. The molecule has 0 aliphatic carbocycles. The van der Waals surface area contributed by atoms with Crippen molar-refractivity contribution in [3.05, 3.63) is 76.6 Å². The van der Waals surface area contributed by atoms with Gasteiger partial charge in [0, 0.05) is 41.5 Å². The van der Waals surface area contributed by atoms with Crippen LogP contribution in [0.25, 0.3) is 22.2 Å². The molecule has 0 aliphatic rings. The Bertz CT molecular complexity index is 1250. The number of nitrogens with zero attached hydrogens (tertiary/aromatic N) is 4. The molecule has 0 bridgehead atoms. The Morgan fingerprint density at radius 2 is 2.10 bits per heavy atom. The highest BCUT2D eigenvalue weighted by molar-refractivity contribution is 7.99. The SMILES string of the molecule is Cc1cc(-c2cccnc2)c(C#N)c(SCCCn2c(=O)[nH]c3ccccc32)n1. The second-order valence-electron chi connectivity index (χ2n) is 6.65. The van der Waals surface area contributed by atoms with Crippen molar-refractivity contribution in [1.29, 1.82) is 5.26 Å². The Balaban J connectivity index is 1.51. The zero-order valence-corrected chi connectivity index (χ0v) is 16.7. The number of para-hydroxylation sites is 2. The van der Waals surface area contributed by atoms with E-state index in [9.17, 15) is 10.1 Å². The Morgan fingerprint density at radius 3 is 2.90 bits per heavy atom. The summed E-state index contributed by atoms with van der Waals surface area (Å²) in [5.41, 5.74) is 4.84. The van der Waals surface area contributed by atoms with Crippen LogP contribution in [0.15, 0.2) is 64.7 Å². The maximum atomic E-state index is 12.2. The molecule has 6 nitrogen and oxygen atoms in total. The maximum Gasteiger partial charge on any atom is 0.326 e. The van der Waals surface area contributed by atoms with Gasteiger partial charge >= 0.3 is 5.69 Å². The Hall–Kier alpha value is -3.37. The van der Waals surface area contributed by atoms with Crippen LogP contribution in [0.3, 0.4) is 0 Å². The standard InChI is InChI=1S/C22H19N5OS/c1-15-12-17(16-6-4-9-24-14-16)18(13-23)21(25-15)29-11-5-10-27-20-8-3-2-7-19(20)26-22(27)28/h2-4,6-9,12,14H,5,10-11H2,1H3,(H,26,28). The third-order valence-corrected chi connectivity index (χ3v) is 5.71. The minimum Gasteiger partial charge on any atom is -0.306 e. The lowest BCUT2D eigenvalue weighted by Gasteiger charge is -2.10. The first-order chi connectivity index (χ1) is 14.2. The maximum absolute atomic E-state index is 12.2. The zero-order valence-electron chi connectivity index (χ0n) is 15.9. The highest BCUT2D eigenvalue weighted by Crippen LogP contribution is 2.31. The molecule has 4 aromatic rings. The lowest BCUT2D eigenvalue weighted by atomic mass is 10.0. The second kappa shape index (κ2) is 8.33. The number of rotatable bonds is 6. The fourth-order valence-electron chi connectivity index (χ4n) is 3.33. The summed E-state index contributed by atoms with van der Waals surface area (Å²) in [4.78, 5) is 23.8. The van der Waals surface area contributed by atoms with Crippen LogP contribution in [0.4, 0.5) is 0 Å². The number of aromatic amines is 1. The largest absolute Gasteiger partial charge is 0.326 e. The molecular formula is C22H19N5OS. The number of aromatic nitrogens is 4. The molecule has 0 saturated heterocycles. The van der Waals surface area contributed by atoms with E-state index in [1.165, 1.54) is 0 Å². The third-order valence-electron chi connectivity index (χ3n) is 4.65. The van der Waals surface area contributed by atoms with Crippen LogP contribution in [0, 0.1) is 18.3 Å². The van der Waals surface area contributed by atoms with Crippen LogP contribution in [-0.2, 0) is 6.54 Å². The lowest BCUT2D eigenvalue weighted by molar-refractivity contribution is 0.679. The molecule has 29 heavy (non-hydrogen) atoms. The third kappa shape index (κ3) is 3.93. The summed E-state index contributed by atoms with van der Waals surface area (Å²) >= 11 is 1.55. The normalized spacial score (nSPS) is 10.9. The molecule has 0 atom stereocenters. The van der Waals surface area contributed by atoms with Crippen molar-refractivity contribution >= 4 is 22.8 Å². The van der Waals surface area contributed by atoms with E-state index in [-0.39, 0.29) is 5.69 Å². The number of nitrogens with one attached hydrogen (secondary N) is 1. The van der Waals surface area contributed by atoms with Gasteiger partial charge in [0.25, 0.3) is 0 Å². The van der Waals surface area contributed by atoms with Gasteiger partial charge in [0.15, 0.2) is 0 Å². The highest BCUT2D eigenvalue weighted by Gasteiger charge is 2.14. The summed E-state index contributed by atoms with van der Waals surface area (Å²) in [6, 6.07) is 15.7.